The molecule has 3 N–H and O–H groups in total. The fourth-order valence-electron chi connectivity index (χ4n) is 2.45. The van der Waals surface area contributed by atoms with E-state index in [1.807, 2.05) is 6.07 Å². The Morgan fingerprint density at radius 2 is 1.45 bits per heavy atom. The lowest BCUT2D eigenvalue weighted by atomic mass is 10.1. The Morgan fingerprint density at radius 1 is 0.897 bits per heavy atom. The molecule has 0 heterocycles. The number of nitrogens with one attached hydrogen (secondary N) is 3. The molecule has 0 unspecified atom stereocenters. The molecule has 0 spiro atoms. The summed E-state index contributed by atoms with van der Waals surface area (Å²) < 4.78 is 27.6. The maximum absolute atomic E-state index is 12.5. The standard InChI is InChI=1S/C20H24ClN3O4S/c1-20(2,3)24-29(27,28)17-13-15(9-10-16(17)21)19(26)23-12-11-22-18(25)14-7-5-4-6-8-14/h4-10,13,24H,11-12H2,1-3H3,(H,22,25)(H,23,26). The van der Waals surface area contributed by atoms with Crippen LogP contribution >= 0.6 is 11.6 Å². The zero-order chi connectivity index (χ0) is 21.7. The van der Waals surface area contributed by atoms with Crippen molar-refractivity contribution in [1.82, 2.24) is 15.4 Å². The predicted octanol–water partition coefficient (Wildman–Crippen LogP) is 2.58. The molecule has 29 heavy (non-hydrogen) atoms. The van der Waals surface area contributed by atoms with E-state index in [4.69, 9.17) is 11.6 Å². The molecule has 0 bridgehead atoms. The van der Waals surface area contributed by atoms with Gasteiger partial charge in [-0.1, -0.05) is 29.8 Å². The van der Waals surface area contributed by atoms with Crippen molar-refractivity contribution in [2.75, 3.05) is 13.1 Å². The van der Waals surface area contributed by atoms with Gasteiger partial charge >= 0.3 is 0 Å². The van der Waals surface area contributed by atoms with Gasteiger partial charge in [0.1, 0.15) is 4.90 Å². The third-order valence-electron chi connectivity index (χ3n) is 3.66. The molecule has 2 amide bonds. The van der Waals surface area contributed by atoms with Crippen LogP contribution < -0.4 is 15.4 Å². The van der Waals surface area contributed by atoms with Crippen molar-refractivity contribution in [1.29, 1.82) is 0 Å². The number of benzene rings is 2. The second-order valence-electron chi connectivity index (χ2n) is 7.38. The topological polar surface area (TPSA) is 104 Å². The molecule has 2 rings (SSSR count). The van der Waals surface area contributed by atoms with Gasteiger partial charge in [-0.3, -0.25) is 9.59 Å². The van der Waals surface area contributed by atoms with Crippen molar-refractivity contribution in [2.24, 2.45) is 0 Å². The average Bonchev–Trinajstić information content (AvgIpc) is 2.63. The Morgan fingerprint density at radius 3 is 2.00 bits per heavy atom. The summed E-state index contributed by atoms with van der Waals surface area (Å²) in [5.74, 6) is -0.712. The first-order valence-corrected chi connectivity index (χ1v) is 10.8. The monoisotopic (exact) mass is 437 g/mol. The molecule has 0 aliphatic heterocycles. The van der Waals surface area contributed by atoms with Crippen LogP contribution in [0.5, 0.6) is 0 Å². The van der Waals surface area contributed by atoms with Gasteiger partial charge < -0.3 is 10.6 Å². The molecule has 0 aliphatic carbocycles. The number of sulfonamides is 1. The second-order valence-corrected chi connectivity index (χ2v) is 9.44. The molecule has 9 heteroatoms. The van der Waals surface area contributed by atoms with Crippen LogP contribution in [-0.2, 0) is 10.0 Å². The van der Waals surface area contributed by atoms with Gasteiger partial charge in [0, 0.05) is 29.8 Å². The molecule has 0 fully saturated rings. The average molecular weight is 438 g/mol. The highest BCUT2D eigenvalue weighted by atomic mass is 35.5. The summed E-state index contributed by atoms with van der Waals surface area (Å²) in [5, 5.41) is 5.36. The van der Waals surface area contributed by atoms with Crippen molar-refractivity contribution in [3.05, 3.63) is 64.7 Å². The lowest BCUT2D eigenvalue weighted by Crippen LogP contribution is -2.40. The van der Waals surface area contributed by atoms with E-state index in [2.05, 4.69) is 15.4 Å². The molecule has 0 saturated heterocycles. The summed E-state index contributed by atoms with van der Waals surface area (Å²) in [6.07, 6.45) is 0. The van der Waals surface area contributed by atoms with E-state index in [-0.39, 0.29) is 34.5 Å². The van der Waals surface area contributed by atoms with Gasteiger partial charge in [0.05, 0.1) is 5.02 Å². The van der Waals surface area contributed by atoms with Crippen molar-refractivity contribution >= 4 is 33.4 Å². The Bertz CT molecular complexity index is 987. The van der Waals surface area contributed by atoms with Crippen molar-refractivity contribution in [2.45, 2.75) is 31.2 Å². The van der Waals surface area contributed by atoms with E-state index >= 15 is 0 Å². The summed E-state index contributed by atoms with van der Waals surface area (Å²) in [7, 11) is -3.89. The minimum absolute atomic E-state index is 0.0217. The van der Waals surface area contributed by atoms with Gasteiger partial charge in [0.25, 0.3) is 11.8 Å². The summed E-state index contributed by atoms with van der Waals surface area (Å²) in [6, 6.07) is 12.8. The van der Waals surface area contributed by atoms with Crippen LogP contribution in [0.25, 0.3) is 0 Å². The van der Waals surface area contributed by atoms with E-state index in [1.165, 1.54) is 18.2 Å². The van der Waals surface area contributed by atoms with Gasteiger partial charge in [-0.2, -0.15) is 0 Å². The van der Waals surface area contributed by atoms with E-state index in [1.54, 1.807) is 45.0 Å². The normalized spacial score (nSPS) is 11.7. The largest absolute Gasteiger partial charge is 0.350 e. The van der Waals surface area contributed by atoms with Crippen LogP contribution in [0.2, 0.25) is 5.02 Å². The lowest BCUT2D eigenvalue weighted by molar-refractivity contribution is 0.0927. The first kappa shape index (κ1) is 22.9. The Balaban J connectivity index is 1.98. The molecule has 0 radical (unpaired) electrons. The van der Waals surface area contributed by atoms with Crippen molar-refractivity contribution < 1.29 is 18.0 Å². The third kappa shape index (κ3) is 6.85. The third-order valence-corrected chi connectivity index (χ3v) is 5.90. The van der Waals surface area contributed by atoms with Crippen LogP contribution in [-0.4, -0.2) is 38.9 Å². The molecule has 2 aromatic carbocycles. The number of carbonyl (C=O) groups is 2. The van der Waals surface area contributed by atoms with E-state index in [0.29, 0.717) is 5.56 Å². The predicted molar refractivity (Wildman–Crippen MR) is 113 cm³/mol. The highest BCUT2D eigenvalue weighted by Gasteiger charge is 2.25. The van der Waals surface area contributed by atoms with E-state index < -0.39 is 21.5 Å². The molecule has 0 aromatic heterocycles. The first-order chi connectivity index (χ1) is 13.5. The minimum atomic E-state index is -3.89. The zero-order valence-corrected chi connectivity index (χ0v) is 18.0. The summed E-state index contributed by atoms with van der Waals surface area (Å²) in [5.41, 5.74) is -0.0204. The second kappa shape index (κ2) is 9.39. The molecular formula is C20H24ClN3O4S. The summed E-state index contributed by atoms with van der Waals surface area (Å²) in [6.45, 7) is 5.53. The Hall–Kier alpha value is -2.42. The fraction of sp³-hybridized carbons (Fsp3) is 0.300. The number of amides is 2. The van der Waals surface area contributed by atoms with Gasteiger partial charge in [-0.25, -0.2) is 13.1 Å². The van der Waals surface area contributed by atoms with Crippen LogP contribution in [0.15, 0.2) is 53.4 Å². The number of hydrogen-bond acceptors (Lipinski definition) is 4. The first-order valence-electron chi connectivity index (χ1n) is 8.94. The van der Waals surface area contributed by atoms with E-state index in [0.717, 1.165) is 0 Å². The Kier molecular flexibility index (Phi) is 7.40. The number of carbonyl (C=O) groups excluding carboxylic acids is 2. The van der Waals surface area contributed by atoms with E-state index in [9.17, 15) is 18.0 Å². The molecule has 156 valence electrons. The molecule has 7 nitrogen and oxygen atoms in total. The van der Waals surface area contributed by atoms with Crippen LogP contribution in [0, 0.1) is 0 Å². The summed E-state index contributed by atoms with van der Waals surface area (Å²) in [4.78, 5) is 24.1. The molecule has 0 atom stereocenters. The van der Waals surface area contributed by atoms with Crippen LogP contribution in [0.3, 0.4) is 0 Å². The number of rotatable bonds is 7. The highest BCUT2D eigenvalue weighted by molar-refractivity contribution is 7.89. The maximum Gasteiger partial charge on any atom is 0.251 e. The quantitative estimate of drug-likeness (QED) is 0.579. The minimum Gasteiger partial charge on any atom is -0.350 e. The van der Waals surface area contributed by atoms with Gasteiger partial charge in [-0.15, -0.1) is 0 Å². The highest BCUT2D eigenvalue weighted by Crippen LogP contribution is 2.24. The number of halogens is 1. The number of hydrogen-bond donors (Lipinski definition) is 3. The van der Waals surface area contributed by atoms with Crippen molar-refractivity contribution in [3.8, 4) is 0 Å². The zero-order valence-electron chi connectivity index (χ0n) is 16.5. The van der Waals surface area contributed by atoms with Crippen molar-refractivity contribution in [3.63, 3.8) is 0 Å². The molecule has 2 aromatic rings. The molecule has 0 saturated carbocycles. The smallest absolute Gasteiger partial charge is 0.251 e. The molecular weight excluding hydrogens is 414 g/mol. The van der Waals surface area contributed by atoms with Crippen LogP contribution in [0.1, 0.15) is 41.5 Å². The molecule has 0 aliphatic rings. The van der Waals surface area contributed by atoms with Crippen LogP contribution in [0.4, 0.5) is 0 Å². The lowest BCUT2D eigenvalue weighted by Gasteiger charge is -2.21. The fourth-order valence-corrected chi connectivity index (χ4v) is 4.40. The van der Waals surface area contributed by atoms with Gasteiger partial charge in [0.2, 0.25) is 10.0 Å². The van der Waals surface area contributed by atoms with Gasteiger partial charge in [0.15, 0.2) is 0 Å². The SMILES string of the molecule is CC(C)(C)NS(=O)(=O)c1cc(C(=O)NCCNC(=O)c2ccccc2)ccc1Cl. The van der Waals surface area contributed by atoms with Gasteiger partial charge in [-0.05, 0) is 51.1 Å². The Labute approximate surface area is 175 Å². The maximum atomic E-state index is 12.5. The summed E-state index contributed by atoms with van der Waals surface area (Å²) >= 11 is 6.04.